The lowest BCUT2D eigenvalue weighted by Crippen LogP contribution is -1.81. The minimum Gasteiger partial charge on any atom is -0.396 e. The maximum Gasteiger partial charge on any atom is 0.0898 e. The average Bonchev–Trinajstić information content (AvgIpc) is 1.98. The van der Waals surface area contributed by atoms with Crippen LogP contribution in [-0.2, 0) is 0 Å². The number of hydrogen-bond donors (Lipinski definition) is 1. The van der Waals surface area contributed by atoms with E-state index in [-0.39, 0.29) is 0 Å². The van der Waals surface area contributed by atoms with E-state index in [0.717, 1.165) is 2.88 Å². The monoisotopic (exact) mass is 259 g/mol. The topological polar surface area (TPSA) is 26.0 Å². The number of hydrogen-bond acceptors (Lipinski definition) is 2. The quantitative estimate of drug-likeness (QED) is 0.712. The van der Waals surface area contributed by atoms with Gasteiger partial charge in [-0.1, -0.05) is 11.6 Å². The third kappa shape index (κ3) is 1.09. The molecule has 0 radical (unpaired) electrons. The molecule has 44 valence electrons. The first-order chi connectivity index (χ1) is 3.72. The van der Waals surface area contributed by atoms with E-state index in [4.69, 9.17) is 17.3 Å². The minimum atomic E-state index is 0.666. The molecule has 1 rings (SSSR count). The highest BCUT2D eigenvalue weighted by molar-refractivity contribution is 14.1. The SMILES string of the molecule is Nc1c(Cl)csc1I. The molecule has 0 atom stereocenters. The Kier molecular flexibility index (Phi) is 2.00. The maximum atomic E-state index is 5.61. The van der Waals surface area contributed by atoms with Crippen molar-refractivity contribution in [1.29, 1.82) is 0 Å². The van der Waals surface area contributed by atoms with Crippen LogP contribution in [0.4, 0.5) is 5.69 Å². The summed E-state index contributed by atoms with van der Waals surface area (Å²) < 4.78 is 1.06. The standard InChI is InChI=1S/C4H3ClINS/c5-2-1-8-4(6)3(2)7/h1H,7H2. The Morgan fingerprint density at radius 2 is 2.38 bits per heavy atom. The molecule has 0 unspecified atom stereocenters. The molecule has 4 heteroatoms. The lowest BCUT2D eigenvalue weighted by atomic mass is 10.6. The Balaban J connectivity index is 3.19. The van der Waals surface area contributed by atoms with Gasteiger partial charge in [-0.25, -0.2) is 0 Å². The van der Waals surface area contributed by atoms with Crippen molar-refractivity contribution < 1.29 is 0 Å². The van der Waals surface area contributed by atoms with Crippen molar-refractivity contribution in [3.63, 3.8) is 0 Å². The first kappa shape index (κ1) is 6.64. The fraction of sp³-hybridized carbons (Fsp3) is 0. The fourth-order valence-electron chi connectivity index (χ4n) is 0.324. The normalized spacial score (nSPS) is 9.75. The largest absolute Gasteiger partial charge is 0.396 e. The van der Waals surface area contributed by atoms with Gasteiger partial charge < -0.3 is 5.73 Å². The molecule has 0 amide bonds. The van der Waals surface area contributed by atoms with Crippen LogP contribution in [-0.4, -0.2) is 0 Å². The summed E-state index contributed by atoms with van der Waals surface area (Å²) in [5.74, 6) is 0. The number of halogens is 2. The highest BCUT2D eigenvalue weighted by atomic mass is 127. The molecule has 0 saturated heterocycles. The number of anilines is 1. The van der Waals surface area contributed by atoms with Gasteiger partial charge in [-0.15, -0.1) is 11.3 Å². The number of rotatable bonds is 0. The van der Waals surface area contributed by atoms with E-state index >= 15 is 0 Å². The highest BCUT2D eigenvalue weighted by Crippen LogP contribution is 2.29. The van der Waals surface area contributed by atoms with Gasteiger partial charge >= 0.3 is 0 Å². The van der Waals surface area contributed by atoms with Crippen LogP contribution in [0.2, 0.25) is 5.02 Å². The molecule has 1 aromatic heterocycles. The summed E-state index contributed by atoms with van der Waals surface area (Å²) in [4.78, 5) is 0. The van der Waals surface area contributed by atoms with E-state index in [0.29, 0.717) is 10.7 Å². The van der Waals surface area contributed by atoms with E-state index in [1.54, 1.807) is 11.3 Å². The molecule has 8 heavy (non-hydrogen) atoms. The molecular formula is C4H3ClINS. The first-order valence-electron chi connectivity index (χ1n) is 1.90. The van der Waals surface area contributed by atoms with E-state index in [9.17, 15) is 0 Å². The van der Waals surface area contributed by atoms with Crippen LogP contribution < -0.4 is 5.73 Å². The second-order valence-electron chi connectivity index (χ2n) is 1.27. The van der Waals surface area contributed by atoms with Crippen molar-refractivity contribution in [3.8, 4) is 0 Å². The van der Waals surface area contributed by atoms with Gasteiger partial charge in [0.25, 0.3) is 0 Å². The highest BCUT2D eigenvalue weighted by Gasteiger charge is 2.00. The molecule has 0 saturated carbocycles. The summed E-state index contributed by atoms with van der Waals surface area (Å²) >= 11 is 9.33. The summed E-state index contributed by atoms with van der Waals surface area (Å²) in [6, 6.07) is 0. The van der Waals surface area contributed by atoms with Crippen molar-refractivity contribution in [1.82, 2.24) is 0 Å². The molecule has 0 aliphatic rings. The zero-order valence-electron chi connectivity index (χ0n) is 3.82. The predicted molar refractivity (Wildman–Crippen MR) is 46.5 cm³/mol. The van der Waals surface area contributed by atoms with Crippen molar-refractivity contribution in [2.75, 3.05) is 5.73 Å². The zero-order chi connectivity index (χ0) is 6.15. The molecule has 0 aliphatic heterocycles. The minimum absolute atomic E-state index is 0.666. The van der Waals surface area contributed by atoms with Crippen LogP contribution >= 0.6 is 45.5 Å². The lowest BCUT2D eigenvalue weighted by Gasteiger charge is -1.83. The summed E-state index contributed by atoms with van der Waals surface area (Å²) in [6.45, 7) is 0. The van der Waals surface area contributed by atoms with Crippen LogP contribution in [0.15, 0.2) is 5.38 Å². The summed E-state index contributed by atoms with van der Waals surface area (Å²) in [5.41, 5.74) is 6.18. The Morgan fingerprint density at radius 1 is 1.75 bits per heavy atom. The van der Waals surface area contributed by atoms with Crippen molar-refractivity contribution >= 4 is 51.2 Å². The van der Waals surface area contributed by atoms with Crippen molar-refractivity contribution in [3.05, 3.63) is 13.3 Å². The molecule has 1 aromatic rings. The fourth-order valence-corrected chi connectivity index (χ4v) is 2.01. The number of thiophene rings is 1. The maximum absolute atomic E-state index is 5.61. The molecule has 1 nitrogen and oxygen atoms in total. The molecule has 0 fully saturated rings. The molecule has 0 spiro atoms. The Hall–Kier alpha value is 0.520. The lowest BCUT2D eigenvalue weighted by molar-refractivity contribution is 1.84. The van der Waals surface area contributed by atoms with Crippen LogP contribution in [0, 0.1) is 2.88 Å². The molecule has 0 bridgehead atoms. The van der Waals surface area contributed by atoms with Crippen LogP contribution in [0.25, 0.3) is 0 Å². The first-order valence-corrected chi connectivity index (χ1v) is 4.23. The van der Waals surface area contributed by atoms with E-state index < -0.39 is 0 Å². The van der Waals surface area contributed by atoms with Gasteiger partial charge in [-0.2, -0.15) is 0 Å². The van der Waals surface area contributed by atoms with Crippen LogP contribution in [0.5, 0.6) is 0 Å². The molecule has 2 N–H and O–H groups in total. The van der Waals surface area contributed by atoms with Crippen LogP contribution in [0.1, 0.15) is 0 Å². The molecule has 0 aromatic carbocycles. The van der Waals surface area contributed by atoms with E-state index in [2.05, 4.69) is 22.6 Å². The number of nitrogens with two attached hydrogens (primary N) is 1. The zero-order valence-corrected chi connectivity index (χ0v) is 7.55. The second-order valence-corrected chi connectivity index (χ2v) is 4.37. The van der Waals surface area contributed by atoms with Gasteiger partial charge in [-0.05, 0) is 22.6 Å². The third-order valence-electron chi connectivity index (χ3n) is 0.735. The van der Waals surface area contributed by atoms with E-state index in [1.807, 2.05) is 5.38 Å². The van der Waals surface area contributed by atoms with Crippen LogP contribution in [0.3, 0.4) is 0 Å². The Bertz CT molecular complexity index is 178. The van der Waals surface area contributed by atoms with Gasteiger partial charge in [0.1, 0.15) is 0 Å². The molecular weight excluding hydrogens is 256 g/mol. The van der Waals surface area contributed by atoms with Gasteiger partial charge in [-0.3, -0.25) is 0 Å². The van der Waals surface area contributed by atoms with Gasteiger partial charge in [0.2, 0.25) is 0 Å². The Labute approximate surface area is 70.0 Å². The van der Waals surface area contributed by atoms with Crippen molar-refractivity contribution in [2.45, 2.75) is 0 Å². The summed E-state index contributed by atoms with van der Waals surface area (Å²) in [7, 11) is 0. The molecule has 1 heterocycles. The van der Waals surface area contributed by atoms with E-state index in [1.165, 1.54) is 0 Å². The van der Waals surface area contributed by atoms with Gasteiger partial charge in [0.05, 0.1) is 13.6 Å². The second kappa shape index (κ2) is 2.41. The number of nitrogen functional groups attached to an aromatic ring is 1. The van der Waals surface area contributed by atoms with Crippen molar-refractivity contribution in [2.24, 2.45) is 0 Å². The van der Waals surface area contributed by atoms with Gasteiger partial charge in [0.15, 0.2) is 0 Å². The summed E-state index contributed by atoms with van der Waals surface area (Å²) in [5, 5.41) is 2.50. The van der Waals surface area contributed by atoms with Gasteiger partial charge in [0, 0.05) is 5.38 Å². The summed E-state index contributed by atoms with van der Waals surface area (Å²) in [6.07, 6.45) is 0. The Morgan fingerprint density at radius 3 is 2.50 bits per heavy atom. The third-order valence-corrected chi connectivity index (χ3v) is 3.30. The molecule has 0 aliphatic carbocycles. The predicted octanol–water partition coefficient (Wildman–Crippen LogP) is 2.59. The average molecular weight is 259 g/mol. The smallest absolute Gasteiger partial charge is 0.0898 e.